The maximum absolute atomic E-state index is 10.0. The number of carbonyl (C=O) groups is 1. The maximum Gasteiger partial charge on any atom is 2.00 e. The van der Waals surface area contributed by atoms with Crippen LogP contribution < -0.4 is 4.90 Å². The van der Waals surface area contributed by atoms with Crippen LogP contribution in [0.15, 0.2) is 310 Å². The van der Waals surface area contributed by atoms with Crippen molar-refractivity contribution in [3.05, 3.63) is 407 Å². The van der Waals surface area contributed by atoms with Gasteiger partial charge in [-0.05, 0) is 168 Å². The Balaban J connectivity index is 0.000000150. The summed E-state index contributed by atoms with van der Waals surface area (Å²) in [4.78, 5) is 40.6. The number of rotatable bonds is 11. The van der Waals surface area contributed by atoms with Crippen molar-refractivity contribution >= 4 is 44.7 Å². The molecule has 13 heteroatoms. The molecule has 1 N–H and O–H groups in total. The van der Waals surface area contributed by atoms with Crippen molar-refractivity contribution in [2.45, 2.75) is 100 Å². The number of nitrogens with zero attached hydrogens (tertiary/aromatic N) is 8. The summed E-state index contributed by atoms with van der Waals surface area (Å²) in [6.45, 7) is 25.1. The third kappa shape index (κ3) is 18.1. The minimum atomic E-state index is -0.248. The van der Waals surface area contributed by atoms with Crippen molar-refractivity contribution in [1.82, 2.24) is 34.5 Å². The number of hydrogen-bond donors (Lipinski definition) is 1. The molecule has 17 aromatic rings. The predicted octanol–water partition coefficient (Wildman–Crippen LogP) is 26.1. The number of fused-ring (bicyclic) bond motifs is 4. The van der Waals surface area contributed by atoms with Crippen LogP contribution in [0.1, 0.15) is 108 Å². The first-order valence-electron chi connectivity index (χ1n) is 39.9. The summed E-state index contributed by atoms with van der Waals surface area (Å²) in [5, 5.41) is 11.0. The average molecular weight is 2110 g/mol. The van der Waals surface area contributed by atoms with Crippen LogP contribution in [-0.4, -0.2) is 45.4 Å². The number of aliphatic hydroxyl groups is 1. The van der Waals surface area contributed by atoms with Gasteiger partial charge in [0.15, 0.2) is 5.78 Å². The second-order valence-electron chi connectivity index (χ2n) is 31.6. The van der Waals surface area contributed by atoms with Gasteiger partial charge in [0, 0.05) is 121 Å². The molecule has 8 heterocycles. The van der Waals surface area contributed by atoms with Gasteiger partial charge in [0.1, 0.15) is 0 Å². The van der Waals surface area contributed by atoms with Crippen LogP contribution in [-0.2, 0) is 83.3 Å². The quantitative estimate of drug-likeness (QED) is 0.0766. The van der Waals surface area contributed by atoms with Crippen molar-refractivity contribution in [3.8, 4) is 95.6 Å². The normalized spacial score (nSPS) is 12.3. The molecule has 0 fully saturated rings. The summed E-state index contributed by atoms with van der Waals surface area (Å²) < 4.78 is 2.58. The second kappa shape index (κ2) is 37.3. The van der Waals surface area contributed by atoms with Gasteiger partial charge in [-0.15, -0.1) is 166 Å². The van der Waals surface area contributed by atoms with E-state index in [9.17, 15) is 4.79 Å². The van der Waals surface area contributed by atoms with E-state index < -0.39 is 0 Å². The molecule has 1 aliphatic carbocycles. The maximum atomic E-state index is 10.0. The summed E-state index contributed by atoms with van der Waals surface area (Å²) in [7, 11) is 0. The van der Waals surface area contributed by atoms with E-state index in [1.54, 1.807) is 6.20 Å². The summed E-state index contributed by atoms with van der Waals surface area (Å²) >= 11 is 0. The van der Waals surface area contributed by atoms with Crippen molar-refractivity contribution in [3.63, 3.8) is 0 Å². The van der Waals surface area contributed by atoms with E-state index in [-0.39, 0.29) is 83.6 Å². The molecule has 3 aliphatic rings. The Labute approximate surface area is 751 Å². The molecule has 0 unspecified atom stereocenters. The number of carbonyl (C=O) groups excluding carboxylic acids is 1. The first kappa shape index (κ1) is 86.7. The molecule has 0 atom stereocenters. The SMILES string of the molecule is CC(=O)C=C(C)O.CC1(C)c2cc(N(c3[c-]c(-c4ccccn4)ccc3)c3[c-]c(-c4ccccn4)ccc3)cc3c2-n2c4c1cccc4c1cccc(c12)C3(C)C.Cc1[c-]c(-c2ncc(-c3c(C)cccc3C)nc2-c2cc(C)cc(C)c2)cc(C)c1.[Ir].[Ir].[Pt+2].[c-]1ccccc1-c1cc2c(cn1)-c1ccccc1C2.[c-]1ccccc1-c1ccccn1. The molecule has 6 aromatic heterocycles. The van der Waals surface area contributed by atoms with Crippen molar-refractivity contribution in [2.75, 3.05) is 4.90 Å². The standard InChI is InChI=1S/C46H34N4.C28H27N2.C18H12N.C11H8N.C5H8O2.2Ir.Pt/c1-45(2)36-19-11-17-34-35-18-12-20-37-43(35)50(42(34)36)44-38(45)27-33(28-39(44)46(37,3)4)49(31-15-9-13-29(25-31)40-21-5-7-23-47-40)32-16-10-14-30(26-32)41-22-6-8-24-48-41;1-17-10-18(2)13-23(12-17)27-28(24-14-19(3)11-20(4)15-24)30-25(16-29-27)26-21(5)8-7-9-22(26)6;1-2-6-13(7-3-1)18-11-15-10-14-8-4-5-9-16(14)17(15)12-19-18;1-2-6-10(7-3-1)11-8-4-5-9-12-11;1-4(6)3-5(2)7;;;/h5-24,27-28H,1-4H3;7-12,14-16H,1-6H3;1-6,8-9,11-12H,10H2;1-6,8-9H;3,6H,1-2H3;;;/q-2;3*-1;;;;+2. The Hall–Kier alpha value is -12.1. The summed E-state index contributed by atoms with van der Waals surface area (Å²) in [5.74, 6) is -0.0625. The molecule has 11 aromatic carbocycles. The number of aryl methyl sites for hydroxylation is 6. The van der Waals surface area contributed by atoms with Gasteiger partial charge < -0.3 is 39.5 Å². The molecule has 121 heavy (non-hydrogen) atoms. The summed E-state index contributed by atoms with van der Waals surface area (Å²) in [6, 6.07) is 110. The Morgan fingerprint density at radius 3 is 1.44 bits per heavy atom. The van der Waals surface area contributed by atoms with Gasteiger partial charge in [0.05, 0.1) is 33.9 Å². The largest absolute Gasteiger partial charge is 2.00 e. The van der Waals surface area contributed by atoms with E-state index in [4.69, 9.17) is 15.1 Å². The van der Waals surface area contributed by atoms with E-state index >= 15 is 0 Å². The van der Waals surface area contributed by atoms with Crippen LogP contribution in [0, 0.1) is 71.9 Å². The fourth-order valence-corrected chi connectivity index (χ4v) is 16.9. The van der Waals surface area contributed by atoms with Crippen LogP contribution >= 0.6 is 0 Å². The third-order valence-electron chi connectivity index (χ3n) is 22.1. The van der Waals surface area contributed by atoms with Gasteiger partial charge in [-0.1, -0.05) is 192 Å². The molecule has 0 saturated heterocycles. The minimum absolute atomic E-state index is 0. The smallest absolute Gasteiger partial charge is 0.512 e. The van der Waals surface area contributed by atoms with E-state index in [0.29, 0.717) is 0 Å². The molecule has 0 amide bonds. The number of para-hydroxylation sites is 2. The number of ketones is 1. The fourth-order valence-electron chi connectivity index (χ4n) is 16.9. The Morgan fingerprint density at radius 2 is 0.934 bits per heavy atom. The molecule has 0 saturated carbocycles. The number of pyridine rings is 4. The molecule has 0 spiro atoms. The van der Waals surface area contributed by atoms with E-state index in [0.717, 1.165) is 108 Å². The van der Waals surface area contributed by atoms with E-state index in [1.807, 2.05) is 122 Å². The predicted molar refractivity (Wildman–Crippen MR) is 482 cm³/mol. The monoisotopic (exact) mass is 2110 g/mol. The molecule has 0 bridgehead atoms. The van der Waals surface area contributed by atoms with Gasteiger partial charge in [-0.25, -0.2) is 0 Å². The van der Waals surface area contributed by atoms with E-state index in [2.05, 4.69) is 299 Å². The topological polar surface area (TPSA) is 123 Å². The Morgan fingerprint density at radius 1 is 0.438 bits per heavy atom. The number of benzene rings is 11. The number of allylic oxidation sites excluding steroid dienone is 2. The second-order valence-corrected chi connectivity index (χ2v) is 31.6. The number of aliphatic hydroxyl groups excluding tert-OH is 1. The minimum Gasteiger partial charge on any atom is -0.512 e. The molecule has 604 valence electrons. The number of hydrogen-bond acceptors (Lipinski definition) is 9. The van der Waals surface area contributed by atoms with Crippen LogP contribution in [0.3, 0.4) is 0 Å². The van der Waals surface area contributed by atoms with Crippen molar-refractivity contribution in [2.24, 2.45) is 0 Å². The van der Waals surface area contributed by atoms with Crippen LogP contribution in [0.5, 0.6) is 0 Å². The zero-order chi connectivity index (χ0) is 81.9. The number of aromatic nitrogens is 7. The first-order chi connectivity index (χ1) is 57.1. The van der Waals surface area contributed by atoms with Gasteiger partial charge in [-0.3, -0.25) is 9.78 Å². The average Bonchev–Trinajstić information content (AvgIpc) is 1.54. The van der Waals surface area contributed by atoms with Gasteiger partial charge in [0.25, 0.3) is 0 Å². The molecule has 2 aliphatic heterocycles. The molecule has 2 radical (unpaired) electrons. The fraction of sp³-hybridized carbons (Fsp3) is 0.139. The van der Waals surface area contributed by atoms with Crippen LogP contribution in [0.25, 0.3) is 117 Å². The van der Waals surface area contributed by atoms with Crippen LogP contribution in [0.4, 0.5) is 17.1 Å². The Kier molecular flexibility index (Phi) is 26.7. The van der Waals surface area contributed by atoms with Crippen molar-refractivity contribution < 1.29 is 71.2 Å². The molecular formula is C108H89Ir2N8O2Pt-3. The molecule has 20 rings (SSSR count). The van der Waals surface area contributed by atoms with Crippen molar-refractivity contribution in [1.29, 1.82) is 0 Å². The number of anilines is 3. The summed E-state index contributed by atoms with van der Waals surface area (Å²) in [6.07, 6.45) is 11.5. The van der Waals surface area contributed by atoms with Gasteiger partial charge in [0.2, 0.25) is 0 Å². The van der Waals surface area contributed by atoms with Gasteiger partial charge in [-0.2, -0.15) is 0 Å². The molecular weight excluding hydrogens is 2020 g/mol. The zero-order valence-corrected chi connectivity index (χ0v) is 76.6. The van der Waals surface area contributed by atoms with Crippen LogP contribution in [0.2, 0.25) is 0 Å². The Bertz CT molecular complexity index is 6390. The van der Waals surface area contributed by atoms with Gasteiger partial charge >= 0.3 is 21.1 Å². The zero-order valence-electron chi connectivity index (χ0n) is 69.5. The summed E-state index contributed by atoms with van der Waals surface area (Å²) in [5.41, 5.74) is 37.9. The van der Waals surface area contributed by atoms with E-state index in [1.165, 1.54) is 120 Å². The first-order valence-corrected chi connectivity index (χ1v) is 39.9. The third-order valence-corrected chi connectivity index (χ3v) is 22.1. The molecule has 10 nitrogen and oxygen atoms in total.